The third-order valence-corrected chi connectivity index (χ3v) is 7.46. The third-order valence-electron chi connectivity index (χ3n) is 7.46. The van der Waals surface area contributed by atoms with E-state index in [1.807, 2.05) is 97.1 Å². The minimum absolute atomic E-state index is 0. The predicted octanol–water partition coefficient (Wildman–Crippen LogP) is 0.877. The minimum atomic E-state index is 0. The average molecular weight is 528 g/mol. The Bertz CT molecular complexity index is 2040. The maximum absolute atomic E-state index is 5.02. The monoisotopic (exact) mass is 528 g/mol. The molecule has 2 aliphatic heterocycles. The van der Waals surface area contributed by atoms with Crippen LogP contribution in [0.15, 0.2) is 97.1 Å². The maximum Gasteiger partial charge on any atom is 1.00 e. The molecule has 186 valence electrons. The number of nitrogens with one attached hydrogen (secondary N) is 2. The van der Waals surface area contributed by atoms with Crippen LogP contribution in [0.1, 0.15) is 0 Å². The SMILES string of the molecule is [Li+].[Li+].c1ccc2c(c1)-c1nc-2nc2[nH]c(nc3nc(nc4[nH]c(n1)c1ccccc41)-c1ccccc1-3)c1ccccc21. The van der Waals surface area contributed by atoms with Crippen LogP contribution in [0, 0.1) is 0 Å². The van der Waals surface area contributed by atoms with Crippen LogP contribution in [0.4, 0.5) is 0 Å². The van der Waals surface area contributed by atoms with Gasteiger partial charge in [0.1, 0.15) is 22.6 Å². The van der Waals surface area contributed by atoms with Crippen molar-refractivity contribution in [2.75, 3.05) is 0 Å². The van der Waals surface area contributed by atoms with Gasteiger partial charge < -0.3 is 9.97 Å². The van der Waals surface area contributed by atoms with Gasteiger partial charge in [-0.3, -0.25) is 0 Å². The van der Waals surface area contributed by atoms with Crippen molar-refractivity contribution in [2.24, 2.45) is 0 Å². The molecular weight excluding hydrogens is 510 g/mol. The van der Waals surface area contributed by atoms with Gasteiger partial charge >= 0.3 is 37.7 Å². The molecule has 7 aromatic rings. The number of nitrogens with zero attached hydrogens (tertiary/aromatic N) is 6. The van der Waals surface area contributed by atoms with E-state index in [2.05, 4.69) is 9.97 Å². The number of hydrogen-bond donors (Lipinski definition) is 2. The number of aromatic nitrogens is 8. The number of rotatable bonds is 0. The zero-order valence-electron chi connectivity index (χ0n) is 22.9. The smallest absolute Gasteiger partial charge is 0.324 e. The Hall–Kier alpha value is -4.57. The summed E-state index contributed by atoms with van der Waals surface area (Å²) in [5.74, 6) is 2.39. The topological polar surface area (TPSA) is 109 Å². The number of benzene rings is 4. The quantitative estimate of drug-likeness (QED) is 0.283. The first-order chi connectivity index (χ1) is 19.8. The van der Waals surface area contributed by atoms with Crippen LogP contribution in [0.3, 0.4) is 0 Å². The van der Waals surface area contributed by atoms with E-state index in [0.717, 1.165) is 43.8 Å². The molecule has 0 fully saturated rings. The molecule has 0 saturated carbocycles. The molecule has 0 radical (unpaired) electrons. The van der Waals surface area contributed by atoms with Gasteiger partial charge in [0.05, 0.1) is 0 Å². The van der Waals surface area contributed by atoms with Gasteiger partial charge in [-0.15, -0.1) is 0 Å². The van der Waals surface area contributed by atoms with Crippen molar-refractivity contribution in [1.82, 2.24) is 39.9 Å². The van der Waals surface area contributed by atoms with Gasteiger partial charge in [0.15, 0.2) is 23.3 Å². The maximum atomic E-state index is 5.02. The molecule has 10 heteroatoms. The van der Waals surface area contributed by atoms with Crippen LogP contribution < -0.4 is 37.7 Å². The number of hydrogen-bond acceptors (Lipinski definition) is 6. The van der Waals surface area contributed by atoms with Crippen LogP contribution in [-0.4, -0.2) is 39.9 Å². The molecule has 0 atom stereocenters. The molecule has 4 aromatic carbocycles. The Morgan fingerprint density at radius 3 is 0.810 bits per heavy atom. The summed E-state index contributed by atoms with van der Waals surface area (Å²) in [6.45, 7) is 0. The molecule has 2 aliphatic rings. The van der Waals surface area contributed by atoms with Gasteiger partial charge in [-0.1, -0.05) is 97.1 Å². The molecule has 0 saturated heterocycles. The molecule has 9 rings (SSSR count). The van der Waals surface area contributed by atoms with Crippen molar-refractivity contribution in [2.45, 2.75) is 0 Å². The predicted molar refractivity (Wildman–Crippen MR) is 156 cm³/mol. The van der Waals surface area contributed by atoms with E-state index in [4.69, 9.17) is 29.9 Å². The Balaban J connectivity index is 0.00000144. The summed E-state index contributed by atoms with van der Waals surface area (Å²) >= 11 is 0. The van der Waals surface area contributed by atoms with Gasteiger partial charge in [0.25, 0.3) is 0 Å². The molecule has 0 amide bonds. The van der Waals surface area contributed by atoms with Crippen LogP contribution >= 0.6 is 0 Å². The second kappa shape index (κ2) is 10.1. The van der Waals surface area contributed by atoms with Crippen molar-refractivity contribution < 1.29 is 37.7 Å². The van der Waals surface area contributed by atoms with E-state index in [1.165, 1.54) is 0 Å². The second-order valence-corrected chi connectivity index (χ2v) is 9.79. The molecule has 2 N–H and O–H groups in total. The van der Waals surface area contributed by atoms with Gasteiger partial charge in [-0.05, 0) is 0 Å². The number of aromatic amines is 2. The first-order valence-corrected chi connectivity index (χ1v) is 13.0. The van der Waals surface area contributed by atoms with E-state index in [9.17, 15) is 0 Å². The zero-order valence-corrected chi connectivity index (χ0v) is 22.9. The summed E-state index contributed by atoms with van der Waals surface area (Å²) in [6.07, 6.45) is 0. The van der Waals surface area contributed by atoms with E-state index in [0.29, 0.717) is 45.9 Å². The molecule has 8 bridgehead atoms. The first-order valence-electron chi connectivity index (χ1n) is 13.0. The summed E-state index contributed by atoms with van der Waals surface area (Å²) < 4.78 is 0. The molecular formula is C32H18Li2N8+2. The Labute approximate surface area is 263 Å². The van der Waals surface area contributed by atoms with Crippen molar-refractivity contribution in [3.63, 3.8) is 0 Å². The van der Waals surface area contributed by atoms with Gasteiger partial charge in [-0.2, -0.15) is 0 Å². The van der Waals surface area contributed by atoms with Crippen molar-refractivity contribution in [3.8, 4) is 45.6 Å². The fraction of sp³-hybridized carbons (Fsp3) is 0. The Kier molecular flexibility index (Phi) is 6.31. The van der Waals surface area contributed by atoms with Crippen LogP contribution in [0.2, 0.25) is 0 Å². The van der Waals surface area contributed by atoms with Crippen molar-refractivity contribution in [1.29, 1.82) is 0 Å². The van der Waals surface area contributed by atoms with Crippen LogP contribution in [0.5, 0.6) is 0 Å². The third kappa shape index (κ3) is 3.93. The zero-order chi connectivity index (χ0) is 26.2. The summed E-state index contributed by atoms with van der Waals surface area (Å²) in [4.78, 5) is 36.8. The van der Waals surface area contributed by atoms with E-state index < -0.39 is 0 Å². The average Bonchev–Trinajstić information content (AvgIpc) is 3.73. The standard InChI is InChI=1S/C32H18N8.2Li/c1-2-10-18-17(9-1)25-33-26(18)38-28-21-13-5-6-14-22(21)30(35-28)40-32-24-16-8-7-15-23(24)31(36-32)39-29-20-12-4-3-11-19(20)27(34-29)37-25;;/h1-16H,(H2,33,34,35,36,37,38,39,40);;/q;2*+1. The molecule has 8 nitrogen and oxygen atoms in total. The molecule has 0 aliphatic carbocycles. The number of H-pyrrole nitrogens is 2. The largest absolute Gasteiger partial charge is 1.00 e. The minimum Gasteiger partial charge on any atom is -0.324 e. The molecule has 0 unspecified atom stereocenters. The first kappa shape index (κ1) is 26.3. The van der Waals surface area contributed by atoms with Gasteiger partial charge in [-0.25, -0.2) is 29.9 Å². The van der Waals surface area contributed by atoms with Gasteiger partial charge in [0.2, 0.25) is 0 Å². The number of fused-ring (bicyclic) bond motifs is 20. The Morgan fingerprint density at radius 1 is 0.310 bits per heavy atom. The van der Waals surface area contributed by atoms with Crippen molar-refractivity contribution >= 4 is 44.1 Å². The molecule has 42 heavy (non-hydrogen) atoms. The summed E-state index contributed by atoms with van der Waals surface area (Å²) in [5.41, 5.74) is 6.45. The molecule has 0 spiro atoms. The summed E-state index contributed by atoms with van der Waals surface area (Å²) in [6, 6.07) is 32.2. The molecule has 5 heterocycles. The second-order valence-electron chi connectivity index (χ2n) is 9.79. The summed E-state index contributed by atoms with van der Waals surface area (Å²) in [5, 5.41) is 3.82. The van der Waals surface area contributed by atoms with E-state index >= 15 is 0 Å². The van der Waals surface area contributed by atoms with E-state index in [1.54, 1.807) is 0 Å². The van der Waals surface area contributed by atoms with Gasteiger partial charge in [0, 0.05) is 43.8 Å². The Morgan fingerprint density at radius 2 is 0.548 bits per heavy atom. The fourth-order valence-corrected chi connectivity index (χ4v) is 5.59. The molecule has 3 aromatic heterocycles. The summed E-state index contributed by atoms with van der Waals surface area (Å²) in [7, 11) is 0. The van der Waals surface area contributed by atoms with Crippen molar-refractivity contribution in [3.05, 3.63) is 97.1 Å². The fourth-order valence-electron chi connectivity index (χ4n) is 5.59. The normalized spacial score (nSPS) is 11.4. The van der Waals surface area contributed by atoms with Crippen LogP contribution in [0.25, 0.3) is 89.7 Å². The van der Waals surface area contributed by atoms with Crippen LogP contribution in [-0.2, 0) is 0 Å². The van der Waals surface area contributed by atoms with E-state index in [-0.39, 0.29) is 37.7 Å².